The Morgan fingerprint density at radius 3 is 2.28 bits per heavy atom. The summed E-state index contributed by atoms with van der Waals surface area (Å²) in [5.41, 5.74) is -1.78. The van der Waals surface area contributed by atoms with Crippen molar-refractivity contribution in [3.05, 3.63) is 35.9 Å². The number of amides is 1. The SMILES string of the molecule is CO[C@]1(C)C[C@@H](C)CN(C(=O)OCc2ccccc2)[C@H](C2CCN(C(C)C)CC2)COC(=O)C(C)(C)C(=O)[C@H](C)[C@H]1O[C@@H]1O[C@H](C)C[C@H](N(C)C)[C@H]1O. The average Bonchev–Trinajstić information content (AvgIpc) is 3.12. The van der Waals surface area contributed by atoms with Gasteiger partial charge in [-0.3, -0.25) is 9.59 Å². The number of hydrogen-bond donors (Lipinski definition) is 1. The highest BCUT2D eigenvalue weighted by Gasteiger charge is 2.52. The third-order valence-electron chi connectivity index (χ3n) is 12.0. The molecule has 1 N–H and O–H groups in total. The molecule has 3 heterocycles. The van der Waals surface area contributed by atoms with Gasteiger partial charge in [-0.1, -0.05) is 44.2 Å². The Balaban J connectivity index is 1.74. The van der Waals surface area contributed by atoms with Gasteiger partial charge in [0.1, 0.15) is 24.7 Å². The van der Waals surface area contributed by atoms with Crippen LogP contribution in [0, 0.1) is 23.2 Å². The van der Waals surface area contributed by atoms with Crippen molar-refractivity contribution in [1.82, 2.24) is 14.7 Å². The molecular weight excluding hydrogens is 678 g/mol. The first-order chi connectivity index (χ1) is 24.9. The first-order valence-corrected chi connectivity index (χ1v) is 19.5. The Kier molecular flexibility index (Phi) is 14.9. The van der Waals surface area contributed by atoms with E-state index in [1.165, 1.54) is 0 Å². The van der Waals surface area contributed by atoms with Crippen molar-refractivity contribution in [2.24, 2.45) is 23.2 Å². The Labute approximate surface area is 317 Å². The van der Waals surface area contributed by atoms with Crippen LogP contribution in [-0.2, 0) is 39.9 Å². The van der Waals surface area contributed by atoms with E-state index in [1.54, 1.807) is 32.8 Å². The van der Waals surface area contributed by atoms with Gasteiger partial charge in [0.05, 0.1) is 23.9 Å². The predicted molar refractivity (Wildman–Crippen MR) is 202 cm³/mol. The minimum atomic E-state index is -1.55. The number of methoxy groups -OCH3 is 1. The number of esters is 1. The first kappa shape index (κ1) is 43.1. The number of Topliss-reactive ketones (excluding diaryl/α,β-unsaturated/α-hetero) is 1. The van der Waals surface area contributed by atoms with Crippen LogP contribution in [-0.4, -0.2) is 133 Å². The number of ketones is 1. The van der Waals surface area contributed by atoms with E-state index in [9.17, 15) is 19.5 Å². The van der Waals surface area contributed by atoms with Crippen LogP contribution in [0.25, 0.3) is 0 Å². The minimum Gasteiger partial charge on any atom is -0.463 e. The fourth-order valence-corrected chi connectivity index (χ4v) is 8.60. The molecule has 0 unspecified atom stereocenters. The van der Waals surface area contributed by atoms with Gasteiger partial charge >= 0.3 is 12.1 Å². The van der Waals surface area contributed by atoms with Crippen LogP contribution in [0.5, 0.6) is 0 Å². The summed E-state index contributed by atoms with van der Waals surface area (Å²) in [5, 5.41) is 11.5. The Bertz CT molecular complexity index is 1350. The monoisotopic (exact) mass is 745 g/mol. The fourth-order valence-electron chi connectivity index (χ4n) is 8.60. The smallest absolute Gasteiger partial charge is 0.410 e. The van der Waals surface area contributed by atoms with Crippen molar-refractivity contribution in [2.75, 3.05) is 47.4 Å². The molecule has 0 aromatic heterocycles. The number of ether oxygens (including phenoxy) is 5. The zero-order valence-electron chi connectivity index (χ0n) is 34.1. The Morgan fingerprint density at radius 2 is 1.70 bits per heavy atom. The molecule has 12 nitrogen and oxygen atoms in total. The standard InChI is InChI=1S/C41H67N3O9/c1-26(2)43-19-17-31(18-20-43)33-25-50-38(47)40(6,7)35(46)29(5)36(53-37-34(45)32(42(9)10)21-28(4)52-37)41(8,49-11)22-27(3)23-44(33)39(48)51-24-30-15-13-12-14-16-30/h12-16,26-29,31-34,36-37,45H,17-25H2,1-11H3/t27-,28-,29+,32+,33+,34-,36-,37+,41-/m1/s1. The van der Waals surface area contributed by atoms with Crippen molar-refractivity contribution in [3.63, 3.8) is 0 Å². The quantitative estimate of drug-likeness (QED) is 0.281. The second kappa shape index (κ2) is 18.3. The maximum Gasteiger partial charge on any atom is 0.410 e. The van der Waals surface area contributed by atoms with Gasteiger partial charge in [-0.2, -0.15) is 0 Å². The van der Waals surface area contributed by atoms with Gasteiger partial charge in [0.25, 0.3) is 0 Å². The number of likely N-dealkylation sites (N-methyl/N-ethyl adjacent to an activating group) is 1. The molecule has 1 aromatic carbocycles. The number of nitrogens with zero attached hydrogens (tertiary/aromatic N) is 3. The van der Waals surface area contributed by atoms with Crippen LogP contribution in [0.1, 0.15) is 86.6 Å². The van der Waals surface area contributed by atoms with E-state index in [4.69, 9.17) is 23.7 Å². The number of likely N-dealkylation sites (tertiary alicyclic amines) is 1. The number of rotatable bonds is 8. The Morgan fingerprint density at radius 1 is 1.06 bits per heavy atom. The molecule has 3 fully saturated rings. The van der Waals surface area contributed by atoms with Gasteiger partial charge in [0, 0.05) is 31.7 Å². The largest absolute Gasteiger partial charge is 0.463 e. The summed E-state index contributed by atoms with van der Waals surface area (Å²) < 4.78 is 31.2. The predicted octanol–water partition coefficient (Wildman–Crippen LogP) is 5.14. The molecule has 9 atom stereocenters. The number of carbonyl (C=O) groups is 3. The summed E-state index contributed by atoms with van der Waals surface area (Å²) in [5.74, 6) is -2.03. The summed E-state index contributed by atoms with van der Waals surface area (Å²) in [6.45, 7) is 17.2. The molecule has 0 aliphatic carbocycles. The molecule has 0 radical (unpaired) electrons. The molecular formula is C41H67N3O9. The molecule has 53 heavy (non-hydrogen) atoms. The third-order valence-corrected chi connectivity index (χ3v) is 12.0. The highest BCUT2D eigenvalue weighted by molar-refractivity contribution is 6.04. The molecule has 0 spiro atoms. The number of aliphatic hydroxyl groups excluding tert-OH is 1. The van der Waals surface area contributed by atoms with Crippen molar-refractivity contribution in [3.8, 4) is 0 Å². The van der Waals surface area contributed by atoms with E-state index in [1.807, 2.05) is 70.1 Å². The van der Waals surface area contributed by atoms with E-state index in [0.29, 0.717) is 25.4 Å². The van der Waals surface area contributed by atoms with Crippen LogP contribution in [0.3, 0.4) is 0 Å². The normalized spacial score (nSPS) is 34.3. The lowest BCUT2D eigenvalue weighted by Crippen LogP contribution is -2.59. The van der Waals surface area contributed by atoms with Gasteiger partial charge in [-0.15, -0.1) is 0 Å². The van der Waals surface area contributed by atoms with E-state index < -0.39 is 53.5 Å². The lowest BCUT2D eigenvalue weighted by molar-refractivity contribution is -0.295. The van der Waals surface area contributed by atoms with Gasteiger partial charge < -0.3 is 43.5 Å². The van der Waals surface area contributed by atoms with E-state index in [-0.39, 0.29) is 43.0 Å². The molecule has 300 valence electrons. The van der Waals surface area contributed by atoms with Crippen molar-refractivity contribution in [2.45, 2.75) is 136 Å². The van der Waals surface area contributed by atoms with Gasteiger partial charge in [-0.05, 0) is 112 Å². The molecule has 3 aliphatic rings. The van der Waals surface area contributed by atoms with Gasteiger partial charge in [0.2, 0.25) is 0 Å². The topological polar surface area (TPSA) is 127 Å². The van der Waals surface area contributed by atoms with Crippen LogP contribution < -0.4 is 0 Å². The van der Waals surface area contributed by atoms with Gasteiger partial charge in [-0.25, -0.2) is 4.79 Å². The van der Waals surface area contributed by atoms with E-state index in [2.05, 4.69) is 18.7 Å². The van der Waals surface area contributed by atoms with Gasteiger partial charge in [0.15, 0.2) is 12.1 Å². The third kappa shape index (κ3) is 10.4. The molecule has 12 heteroatoms. The second-order valence-corrected chi connectivity index (χ2v) is 17.1. The summed E-state index contributed by atoms with van der Waals surface area (Å²) in [4.78, 5) is 48.9. The summed E-state index contributed by atoms with van der Waals surface area (Å²) in [6, 6.07) is 9.24. The zero-order valence-corrected chi connectivity index (χ0v) is 34.1. The summed E-state index contributed by atoms with van der Waals surface area (Å²) in [6.07, 6.45) is -1.05. The zero-order chi connectivity index (χ0) is 39.2. The lowest BCUT2D eigenvalue weighted by atomic mass is 9.74. The van der Waals surface area contributed by atoms with Crippen LogP contribution in [0.4, 0.5) is 4.79 Å². The molecule has 1 aromatic rings. The molecule has 4 rings (SSSR count). The van der Waals surface area contributed by atoms with Crippen LogP contribution in [0.15, 0.2) is 30.3 Å². The fraction of sp³-hybridized carbons (Fsp3) is 0.780. The molecule has 0 saturated carbocycles. The Hall–Kier alpha value is -2.61. The van der Waals surface area contributed by atoms with E-state index >= 15 is 0 Å². The first-order valence-electron chi connectivity index (χ1n) is 19.5. The second-order valence-electron chi connectivity index (χ2n) is 17.1. The summed E-state index contributed by atoms with van der Waals surface area (Å²) >= 11 is 0. The van der Waals surface area contributed by atoms with Crippen molar-refractivity contribution < 1.29 is 43.2 Å². The minimum absolute atomic E-state index is 0.0404. The molecule has 3 saturated heterocycles. The molecule has 1 amide bonds. The van der Waals surface area contributed by atoms with Crippen molar-refractivity contribution in [1.29, 1.82) is 0 Å². The molecule has 3 aliphatic heterocycles. The number of aliphatic hydroxyl groups is 1. The number of carbonyl (C=O) groups excluding carboxylic acids is 3. The maximum absolute atomic E-state index is 14.5. The number of piperidine rings is 1. The lowest BCUT2D eigenvalue weighted by Gasteiger charge is -2.47. The number of benzene rings is 1. The van der Waals surface area contributed by atoms with E-state index in [0.717, 1.165) is 31.5 Å². The average molecular weight is 746 g/mol. The maximum atomic E-state index is 14.5. The molecule has 0 bridgehead atoms. The number of hydrogen-bond acceptors (Lipinski definition) is 11. The summed E-state index contributed by atoms with van der Waals surface area (Å²) in [7, 11) is 5.39. The number of cyclic esters (lactones) is 1. The van der Waals surface area contributed by atoms with Crippen LogP contribution in [0.2, 0.25) is 0 Å². The van der Waals surface area contributed by atoms with Crippen molar-refractivity contribution >= 4 is 17.8 Å². The highest BCUT2D eigenvalue weighted by Crippen LogP contribution is 2.39. The van der Waals surface area contributed by atoms with Crippen LogP contribution >= 0.6 is 0 Å². The highest BCUT2D eigenvalue weighted by atomic mass is 16.7.